The van der Waals surface area contributed by atoms with E-state index < -0.39 is 5.91 Å². The smallest absolute Gasteiger partial charge is 0.220 e. The van der Waals surface area contributed by atoms with Gasteiger partial charge in [-0.3, -0.25) is 9.59 Å². The molecule has 0 aromatic heterocycles. The maximum Gasteiger partial charge on any atom is 0.220 e. The summed E-state index contributed by atoms with van der Waals surface area (Å²) in [5.74, 6) is 0.128. The Hall–Kier alpha value is -0.880. The molecule has 0 aliphatic rings. The Morgan fingerprint density at radius 3 is 2.38 bits per heavy atom. The fourth-order valence-corrected chi connectivity index (χ4v) is 2.49. The first-order chi connectivity index (χ1) is 7.54. The number of primary amides is 1. The minimum Gasteiger partial charge on any atom is -0.491 e. The minimum absolute atomic E-state index is 0.147. The second kappa shape index (κ2) is 6.00. The molecule has 0 saturated carbocycles. The summed E-state index contributed by atoms with van der Waals surface area (Å²) in [7, 11) is 0. The second-order valence-electron chi connectivity index (χ2n) is 3.00. The fraction of sp³-hybridized carbons (Fsp3) is 0.200. The summed E-state index contributed by atoms with van der Waals surface area (Å²) in [4.78, 5) is 21.1. The first-order valence-electron chi connectivity index (χ1n) is 4.40. The van der Waals surface area contributed by atoms with Crippen LogP contribution in [0.2, 0.25) is 0 Å². The Morgan fingerprint density at radius 2 is 1.94 bits per heavy atom. The van der Waals surface area contributed by atoms with E-state index in [1.165, 1.54) is 0 Å². The van der Waals surface area contributed by atoms with Gasteiger partial charge in [0.15, 0.2) is 0 Å². The van der Waals surface area contributed by atoms with Gasteiger partial charge in [-0.2, -0.15) is 0 Å². The number of nitrogens with two attached hydrogens (primary N) is 1. The standard InChI is InChI=1S/C10H9Br2NO3/c11-7-3-6(5-14)4-8(12)10(7)16-2-1-9(13)15/h3-5H,1-2H2,(H2,13,15). The third kappa shape index (κ3) is 3.61. The zero-order valence-electron chi connectivity index (χ0n) is 8.20. The lowest BCUT2D eigenvalue weighted by Gasteiger charge is -2.09. The highest BCUT2D eigenvalue weighted by molar-refractivity contribution is 9.11. The fourth-order valence-electron chi connectivity index (χ4n) is 1.04. The first kappa shape index (κ1) is 13.2. The molecule has 0 unspecified atom stereocenters. The van der Waals surface area contributed by atoms with Gasteiger partial charge in [0.2, 0.25) is 5.91 Å². The van der Waals surface area contributed by atoms with Crippen LogP contribution in [0.1, 0.15) is 16.8 Å². The van der Waals surface area contributed by atoms with Crippen molar-refractivity contribution in [1.82, 2.24) is 0 Å². The van der Waals surface area contributed by atoms with Crippen LogP contribution in [0.3, 0.4) is 0 Å². The molecule has 0 aliphatic carbocycles. The van der Waals surface area contributed by atoms with Crippen molar-refractivity contribution in [2.45, 2.75) is 6.42 Å². The topological polar surface area (TPSA) is 69.4 Å². The van der Waals surface area contributed by atoms with Crippen LogP contribution in [0.25, 0.3) is 0 Å². The number of halogens is 2. The Kier molecular flexibility index (Phi) is 4.95. The van der Waals surface area contributed by atoms with Gasteiger partial charge in [0.25, 0.3) is 0 Å². The number of ether oxygens (including phenoxy) is 1. The van der Waals surface area contributed by atoms with Crippen LogP contribution in [0, 0.1) is 0 Å². The average molecular weight is 351 g/mol. The van der Waals surface area contributed by atoms with Crippen molar-refractivity contribution in [1.29, 1.82) is 0 Å². The number of benzene rings is 1. The number of rotatable bonds is 5. The maximum atomic E-state index is 10.6. The average Bonchev–Trinajstić information content (AvgIpc) is 2.21. The molecule has 0 aliphatic heterocycles. The van der Waals surface area contributed by atoms with E-state index in [0.717, 1.165) is 6.29 Å². The van der Waals surface area contributed by atoms with Gasteiger partial charge in [-0.1, -0.05) is 0 Å². The molecule has 0 heterocycles. The minimum atomic E-state index is -0.420. The molecule has 4 nitrogen and oxygen atoms in total. The highest BCUT2D eigenvalue weighted by Crippen LogP contribution is 2.34. The molecule has 2 N–H and O–H groups in total. The molecular weight excluding hydrogens is 342 g/mol. The van der Waals surface area contributed by atoms with E-state index in [1.807, 2.05) is 0 Å². The van der Waals surface area contributed by atoms with Crippen LogP contribution in [0.15, 0.2) is 21.1 Å². The lowest BCUT2D eigenvalue weighted by Crippen LogP contribution is -2.14. The van der Waals surface area contributed by atoms with Crippen LogP contribution >= 0.6 is 31.9 Å². The number of carbonyl (C=O) groups excluding carboxylic acids is 2. The molecule has 1 aromatic rings. The Labute approximate surface area is 109 Å². The molecule has 0 radical (unpaired) electrons. The first-order valence-corrected chi connectivity index (χ1v) is 5.98. The normalized spacial score (nSPS) is 9.88. The number of carbonyl (C=O) groups is 2. The molecule has 0 atom stereocenters. The summed E-state index contributed by atoms with van der Waals surface area (Å²) >= 11 is 6.55. The van der Waals surface area contributed by atoms with Crippen LogP contribution in [0.4, 0.5) is 0 Å². The summed E-state index contributed by atoms with van der Waals surface area (Å²) in [5, 5.41) is 0. The third-order valence-corrected chi connectivity index (χ3v) is 2.93. The summed E-state index contributed by atoms with van der Waals surface area (Å²) in [6, 6.07) is 3.27. The number of amides is 1. The van der Waals surface area contributed by atoms with E-state index in [9.17, 15) is 9.59 Å². The maximum absolute atomic E-state index is 10.6. The highest BCUT2D eigenvalue weighted by atomic mass is 79.9. The van der Waals surface area contributed by atoms with Crippen LogP contribution < -0.4 is 10.5 Å². The summed E-state index contributed by atoms with van der Waals surface area (Å²) in [5.41, 5.74) is 5.52. The monoisotopic (exact) mass is 349 g/mol. The van der Waals surface area contributed by atoms with E-state index in [-0.39, 0.29) is 13.0 Å². The number of hydrogen-bond acceptors (Lipinski definition) is 3. The molecule has 0 fully saturated rings. The summed E-state index contributed by atoms with van der Waals surface area (Å²) in [6.07, 6.45) is 0.886. The largest absolute Gasteiger partial charge is 0.491 e. The lowest BCUT2D eigenvalue weighted by molar-refractivity contribution is -0.118. The van der Waals surface area contributed by atoms with Gasteiger partial charge in [-0.05, 0) is 44.0 Å². The molecule has 0 saturated heterocycles. The zero-order valence-corrected chi connectivity index (χ0v) is 11.4. The summed E-state index contributed by atoms with van der Waals surface area (Å²) < 4.78 is 6.66. The van der Waals surface area contributed by atoms with Crippen molar-refractivity contribution in [3.05, 3.63) is 26.6 Å². The van der Waals surface area contributed by atoms with Crippen molar-refractivity contribution in [2.24, 2.45) is 5.73 Å². The van der Waals surface area contributed by atoms with Crippen molar-refractivity contribution in [2.75, 3.05) is 6.61 Å². The third-order valence-electron chi connectivity index (χ3n) is 1.75. The van der Waals surface area contributed by atoms with Gasteiger partial charge in [0.05, 0.1) is 22.0 Å². The van der Waals surface area contributed by atoms with Crippen LogP contribution in [-0.2, 0) is 4.79 Å². The van der Waals surface area contributed by atoms with Crippen molar-refractivity contribution < 1.29 is 14.3 Å². The van der Waals surface area contributed by atoms with Gasteiger partial charge in [0.1, 0.15) is 12.0 Å². The number of hydrogen-bond donors (Lipinski definition) is 1. The molecule has 16 heavy (non-hydrogen) atoms. The van der Waals surface area contributed by atoms with Crippen molar-refractivity contribution >= 4 is 44.1 Å². The predicted molar refractivity (Wildman–Crippen MR) is 66.5 cm³/mol. The van der Waals surface area contributed by atoms with Gasteiger partial charge >= 0.3 is 0 Å². The second-order valence-corrected chi connectivity index (χ2v) is 4.70. The van der Waals surface area contributed by atoms with Gasteiger partial charge in [-0.15, -0.1) is 0 Å². The Balaban J connectivity index is 2.80. The predicted octanol–water partition coefficient (Wildman–Crippen LogP) is 2.28. The van der Waals surface area contributed by atoms with E-state index in [0.29, 0.717) is 20.3 Å². The number of aldehydes is 1. The molecule has 1 amide bonds. The van der Waals surface area contributed by atoms with E-state index >= 15 is 0 Å². The molecule has 1 rings (SSSR count). The van der Waals surface area contributed by atoms with Gasteiger partial charge < -0.3 is 10.5 Å². The highest BCUT2D eigenvalue weighted by Gasteiger charge is 2.09. The molecule has 0 spiro atoms. The molecule has 0 bridgehead atoms. The molecule has 6 heteroatoms. The quantitative estimate of drug-likeness (QED) is 0.828. The Morgan fingerprint density at radius 1 is 1.38 bits per heavy atom. The summed E-state index contributed by atoms with van der Waals surface area (Å²) in [6.45, 7) is 0.201. The molecular formula is C10H9Br2NO3. The van der Waals surface area contributed by atoms with Gasteiger partial charge in [-0.25, -0.2) is 0 Å². The van der Waals surface area contributed by atoms with Gasteiger partial charge in [0, 0.05) is 5.56 Å². The lowest BCUT2D eigenvalue weighted by atomic mass is 10.2. The van der Waals surface area contributed by atoms with Crippen LogP contribution in [0.5, 0.6) is 5.75 Å². The van der Waals surface area contributed by atoms with Crippen molar-refractivity contribution in [3.63, 3.8) is 0 Å². The van der Waals surface area contributed by atoms with E-state index in [1.54, 1.807) is 12.1 Å². The van der Waals surface area contributed by atoms with E-state index in [2.05, 4.69) is 31.9 Å². The van der Waals surface area contributed by atoms with Crippen LogP contribution in [-0.4, -0.2) is 18.8 Å². The SMILES string of the molecule is NC(=O)CCOc1c(Br)cc(C=O)cc1Br. The van der Waals surface area contributed by atoms with Crippen molar-refractivity contribution in [3.8, 4) is 5.75 Å². The zero-order chi connectivity index (χ0) is 12.1. The molecule has 86 valence electrons. The Bertz CT molecular complexity index is 398. The molecule has 1 aromatic carbocycles. The van der Waals surface area contributed by atoms with E-state index in [4.69, 9.17) is 10.5 Å².